The molecule has 5 heterocycles. The zero-order chi connectivity index (χ0) is 23.3. The van der Waals surface area contributed by atoms with Crippen LogP contribution in [0.2, 0.25) is 0 Å². The van der Waals surface area contributed by atoms with Crippen LogP contribution in [0, 0.1) is 0 Å². The first kappa shape index (κ1) is 21.6. The molecule has 0 unspecified atom stereocenters. The van der Waals surface area contributed by atoms with Crippen molar-refractivity contribution >= 4 is 55.6 Å². The number of carbonyl (C=O) groups is 1. The second kappa shape index (κ2) is 9.75. The van der Waals surface area contributed by atoms with Gasteiger partial charge in [-0.3, -0.25) is 0 Å². The Morgan fingerprint density at radius 3 is 1.35 bits per heavy atom. The van der Waals surface area contributed by atoms with Gasteiger partial charge >= 0.3 is 65.1 Å². The van der Waals surface area contributed by atoms with E-state index in [2.05, 4.69) is 44.2 Å². The molecule has 1 aromatic carbocycles. The molecule has 1 amide bonds. The zero-order valence-electron chi connectivity index (χ0n) is 18.1. The molecule has 0 saturated heterocycles. The van der Waals surface area contributed by atoms with Gasteiger partial charge in [0.05, 0.1) is 22.8 Å². The van der Waals surface area contributed by atoms with Crippen LogP contribution in [-0.4, -0.2) is 24.7 Å². The van der Waals surface area contributed by atoms with Crippen molar-refractivity contribution in [1.29, 1.82) is 0 Å². The van der Waals surface area contributed by atoms with Crippen molar-refractivity contribution in [1.82, 2.24) is 19.9 Å². The Hall–Kier alpha value is -4.19. The Morgan fingerprint density at radius 2 is 1.00 bits per heavy atom. The first-order valence-corrected chi connectivity index (χ1v) is 11.8. The van der Waals surface area contributed by atoms with E-state index in [1.807, 2.05) is 78.9 Å². The number of amides is 1. The van der Waals surface area contributed by atoms with Gasteiger partial charge in [-0.15, -0.1) is 0 Å². The maximum absolute atomic E-state index is 10.4. The first-order valence-electron chi connectivity index (χ1n) is 10.6. The molecular formula is C27H21MnN5O. The van der Waals surface area contributed by atoms with E-state index in [9.17, 15) is 4.79 Å². The second-order valence-corrected chi connectivity index (χ2v) is 9.16. The van der Waals surface area contributed by atoms with E-state index < -0.39 is 0 Å². The van der Waals surface area contributed by atoms with Crippen molar-refractivity contribution in [2.45, 2.75) is 0 Å². The predicted octanol–water partition coefficient (Wildman–Crippen LogP) is 5.13. The van der Waals surface area contributed by atoms with Crippen LogP contribution in [0.25, 0.3) is 46.4 Å². The Kier molecular flexibility index (Phi) is 6.21. The van der Waals surface area contributed by atoms with Crippen LogP contribution >= 0.6 is 0 Å². The fourth-order valence-corrected chi connectivity index (χ4v) is 4.29. The van der Waals surface area contributed by atoms with Crippen LogP contribution < -0.4 is 10.2 Å². The van der Waals surface area contributed by atoms with Crippen LogP contribution in [-0.2, 0) is 15.0 Å². The monoisotopic (exact) mass is 486 g/mol. The topological polar surface area (TPSA) is 100 Å². The number of fused-ring (bicyclic) bond motifs is 8. The van der Waals surface area contributed by atoms with Gasteiger partial charge in [0.1, 0.15) is 0 Å². The SMILES string of the molecule is C1=Cc2cc3ccc(cc4nc(cc5ccc(cc1n2)[nH]5)C=C4)[nH]3.N[C](=O)[Mn][c]1ccccc1. The summed E-state index contributed by atoms with van der Waals surface area (Å²) in [5, 5.41) is 0. The predicted molar refractivity (Wildman–Crippen MR) is 135 cm³/mol. The molecule has 34 heavy (non-hydrogen) atoms. The average Bonchev–Trinajstić information content (AvgIpc) is 3.61. The second-order valence-electron chi connectivity index (χ2n) is 7.60. The van der Waals surface area contributed by atoms with Gasteiger partial charge < -0.3 is 9.97 Å². The van der Waals surface area contributed by atoms with Crippen molar-refractivity contribution in [2.24, 2.45) is 5.73 Å². The summed E-state index contributed by atoms with van der Waals surface area (Å²) in [6.45, 7) is 0. The van der Waals surface area contributed by atoms with Gasteiger partial charge in [0, 0.05) is 22.1 Å². The molecule has 7 heteroatoms. The molecular weight excluding hydrogens is 465 g/mol. The Bertz CT molecular complexity index is 1390. The molecule has 6 nitrogen and oxygen atoms in total. The molecule has 0 radical (unpaired) electrons. The molecule has 6 rings (SSSR count). The van der Waals surface area contributed by atoms with Crippen molar-refractivity contribution in [3.05, 3.63) is 102 Å². The fourth-order valence-electron chi connectivity index (χ4n) is 3.53. The van der Waals surface area contributed by atoms with Crippen LogP contribution in [0.5, 0.6) is 0 Å². The molecule has 0 spiro atoms. The number of primary amides is 1. The molecule has 0 aliphatic carbocycles. The Labute approximate surface area is 202 Å². The summed E-state index contributed by atoms with van der Waals surface area (Å²) in [5.41, 5.74) is 12.9. The summed E-state index contributed by atoms with van der Waals surface area (Å²) in [4.78, 5) is 26.2. The number of nitrogens with zero attached hydrogens (tertiary/aromatic N) is 2. The molecule has 8 bridgehead atoms. The van der Waals surface area contributed by atoms with Gasteiger partial charge in [-0.2, -0.15) is 0 Å². The summed E-state index contributed by atoms with van der Waals surface area (Å²) >= 11 is 0.0705. The summed E-state index contributed by atoms with van der Waals surface area (Å²) in [6.07, 6.45) is 8.09. The molecule has 4 aromatic rings. The average molecular weight is 486 g/mol. The van der Waals surface area contributed by atoms with Gasteiger partial charge in [-0.1, -0.05) is 0 Å². The first-order chi connectivity index (χ1) is 16.6. The minimum atomic E-state index is -0.255. The van der Waals surface area contributed by atoms with Crippen molar-refractivity contribution in [3.63, 3.8) is 0 Å². The molecule has 4 N–H and O–H groups in total. The van der Waals surface area contributed by atoms with E-state index in [1.165, 1.54) is 0 Å². The van der Waals surface area contributed by atoms with E-state index in [0.29, 0.717) is 0 Å². The molecule has 3 aromatic heterocycles. The summed E-state index contributed by atoms with van der Waals surface area (Å²) in [6, 6.07) is 25.9. The van der Waals surface area contributed by atoms with Gasteiger partial charge in [-0.25, -0.2) is 9.97 Å². The number of benzene rings is 1. The Morgan fingerprint density at radius 1 is 0.618 bits per heavy atom. The number of nitrogens with one attached hydrogen (secondary N) is 2. The molecule has 0 saturated carbocycles. The minimum absolute atomic E-state index is 0.0705. The maximum atomic E-state index is 10.4. The standard InChI is InChI=1S/C20H14N4.C6H5.CH2NO.Mn/c1-2-14-10-16-5-6-18(23-16)12-20-8-7-19(24-20)11-17-4-3-15(22-17)9-13(1)21-14;1-2-4-6-5-3-1;2-1-3;/h1-12,21,24H;1-5H;(H2,2,3);. The van der Waals surface area contributed by atoms with E-state index in [1.54, 1.807) is 0 Å². The van der Waals surface area contributed by atoms with Crippen LogP contribution in [0.4, 0.5) is 4.79 Å². The van der Waals surface area contributed by atoms with Crippen molar-refractivity contribution in [3.8, 4) is 0 Å². The molecule has 2 aliphatic heterocycles. The zero-order valence-corrected chi connectivity index (χ0v) is 19.3. The van der Waals surface area contributed by atoms with Gasteiger partial charge in [0.15, 0.2) is 0 Å². The summed E-state index contributed by atoms with van der Waals surface area (Å²) in [5.74, 6) is 0. The molecule has 2 aliphatic rings. The van der Waals surface area contributed by atoms with E-state index in [0.717, 1.165) is 49.3 Å². The van der Waals surface area contributed by atoms with Crippen molar-refractivity contribution < 1.29 is 19.8 Å². The van der Waals surface area contributed by atoms with Gasteiger partial charge in [0.2, 0.25) is 0 Å². The molecule has 167 valence electrons. The molecule has 0 fully saturated rings. The van der Waals surface area contributed by atoms with E-state index >= 15 is 0 Å². The summed E-state index contributed by atoms with van der Waals surface area (Å²) < 4.78 is 0.999. The van der Waals surface area contributed by atoms with E-state index in [-0.39, 0.29) is 19.8 Å². The third kappa shape index (κ3) is 5.59. The number of rotatable bonds is 2. The van der Waals surface area contributed by atoms with Crippen LogP contribution in [0.15, 0.2) is 78.9 Å². The quantitative estimate of drug-likeness (QED) is 0.296. The summed E-state index contributed by atoms with van der Waals surface area (Å²) in [7, 11) is 0. The van der Waals surface area contributed by atoms with Crippen molar-refractivity contribution in [2.75, 3.05) is 0 Å². The number of hydrogen-bond donors (Lipinski definition) is 3. The van der Waals surface area contributed by atoms with Crippen LogP contribution in [0.3, 0.4) is 0 Å². The number of aromatic amines is 2. The fraction of sp³-hybridized carbons (Fsp3) is 0. The number of H-pyrrole nitrogens is 2. The normalized spacial score (nSPS) is 11.6. The van der Waals surface area contributed by atoms with Gasteiger partial charge in [-0.05, 0) is 72.8 Å². The number of aromatic nitrogens is 4. The molecule has 0 atom stereocenters. The third-order valence-corrected chi connectivity index (χ3v) is 6.00. The van der Waals surface area contributed by atoms with Crippen LogP contribution in [0.1, 0.15) is 22.8 Å². The van der Waals surface area contributed by atoms with Gasteiger partial charge in [0.25, 0.3) is 0 Å². The third-order valence-electron chi connectivity index (χ3n) is 4.98. The number of hydrogen-bond acceptors (Lipinski definition) is 3. The number of carbonyl (C=O) groups excluding carboxylic acids is 1. The van der Waals surface area contributed by atoms with E-state index in [4.69, 9.17) is 5.73 Å². The Balaban J connectivity index is 0.000000204. The number of nitrogens with two attached hydrogens (primary N) is 1.